The first-order chi connectivity index (χ1) is 10.6. The number of aromatic nitrogens is 1. The van der Waals surface area contributed by atoms with E-state index >= 15 is 0 Å². The molecule has 22 heavy (non-hydrogen) atoms. The van der Waals surface area contributed by atoms with Gasteiger partial charge in [-0.05, 0) is 18.2 Å². The highest BCUT2D eigenvalue weighted by Gasteiger charge is 2.09. The Bertz CT molecular complexity index is 754. The maximum atomic E-state index is 10.8. The number of anilines is 1. The first-order valence-electron chi connectivity index (χ1n) is 5.96. The molecule has 0 spiro atoms. The molecular formula is C13H10N4O4S. The predicted molar refractivity (Wildman–Crippen MR) is 83.3 cm³/mol. The van der Waals surface area contributed by atoms with Gasteiger partial charge in [-0.1, -0.05) is 12.1 Å². The van der Waals surface area contributed by atoms with Crippen molar-refractivity contribution in [2.75, 3.05) is 5.43 Å². The molecule has 0 bridgehead atoms. The molecule has 9 heteroatoms. The second kappa shape index (κ2) is 7.09. The number of nitro groups is 1. The minimum atomic E-state index is -1.11. The van der Waals surface area contributed by atoms with Crippen molar-refractivity contribution in [2.24, 2.45) is 5.10 Å². The Labute approximate surface area is 128 Å². The molecule has 0 fully saturated rings. The number of hydrogen-bond donors (Lipinski definition) is 2. The van der Waals surface area contributed by atoms with E-state index in [1.54, 1.807) is 24.3 Å². The summed E-state index contributed by atoms with van der Waals surface area (Å²) >= 11 is 1.11. The molecule has 0 saturated heterocycles. The van der Waals surface area contributed by atoms with Crippen LogP contribution in [0.4, 0.5) is 10.8 Å². The van der Waals surface area contributed by atoms with Gasteiger partial charge in [0.1, 0.15) is 0 Å². The number of nitrogens with zero attached hydrogens (tertiary/aromatic N) is 3. The number of nitrogens with one attached hydrogen (secondary N) is 1. The number of hydrazone groups is 1. The number of allylic oxidation sites excluding steroid dienone is 1. The zero-order chi connectivity index (χ0) is 15.9. The molecule has 1 aromatic carbocycles. The summed E-state index contributed by atoms with van der Waals surface area (Å²) in [6.45, 7) is 0. The minimum Gasteiger partial charge on any atom is -0.476 e. The molecule has 0 atom stereocenters. The number of carboxylic acids is 1. The SMILES string of the molecule is O=C(O)c1csc(NN=CC=Cc2ccccc2[N+](=O)[O-])n1. The molecule has 0 saturated carbocycles. The van der Waals surface area contributed by atoms with E-state index in [2.05, 4.69) is 15.5 Å². The Balaban J connectivity index is 1.97. The fraction of sp³-hybridized carbons (Fsp3) is 0. The van der Waals surface area contributed by atoms with Crippen LogP contribution in [0.1, 0.15) is 16.1 Å². The lowest BCUT2D eigenvalue weighted by molar-refractivity contribution is -0.385. The predicted octanol–water partition coefficient (Wildman–Crippen LogP) is 2.86. The standard InChI is InChI=1S/C13H10N4O4S/c18-12(19)10-8-22-13(15-10)16-14-7-3-5-9-4-1-2-6-11(9)17(20)21/h1-8H,(H,15,16)(H,18,19). The Kier molecular flexibility index (Phi) is 4.94. The van der Waals surface area contributed by atoms with Gasteiger partial charge < -0.3 is 5.11 Å². The highest BCUT2D eigenvalue weighted by atomic mass is 32.1. The zero-order valence-corrected chi connectivity index (χ0v) is 11.9. The normalized spacial score (nSPS) is 11.1. The van der Waals surface area contributed by atoms with Crippen LogP contribution in [0, 0.1) is 10.1 Å². The topological polar surface area (TPSA) is 118 Å². The summed E-state index contributed by atoms with van der Waals surface area (Å²) < 4.78 is 0. The van der Waals surface area contributed by atoms with Gasteiger partial charge in [-0.15, -0.1) is 11.3 Å². The average molecular weight is 318 g/mol. The summed E-state index contributed by atoms with van der Waals surface area (Å²) in [6, 6.07) is 6.33. The van der Waals surface area contributed by atoms with E-state index in [9.17, 15) is 14.9 Å². The first kappa shape index (κ1) is 15.3. The number of benzene rings is 1. The Morgan fingerprint density at radius 3 is 2.91 bits per heavy atom. The van der Waals surface area contributed by atoms with Gasteiger partial charge in [0.2, 0.25) is 5.13 Å². The average Bonchev–Trinajstić information content (AvgIpc) is 2.96. The van der Waals surface area contributed by atoms with Crippen LogP contribution in [0.2, 0.25) is 0 Å². The molecule has 0 aliphatic rings. The molecule has 8 nitrogen and oxygen atoms in total. The van der Waals surface area contributed by atoms with Crippen molar-refractivity contribution >= 4 is 40.4 Å². The molecule has 2 rings (SSSR count). The van der Waals surface area contributed by atoms with E-state index in [-0.39, 0.29) is 11.4 Å². The smallest absolute Gasteiger partial charge is 0.355 e. The van der Waals surface area contributed by atoms with Crippen molar-refractivity contribution in [3.05, 3.63) is 57.1 Å². The fourth-order valence-electron chi connectivity index (χ4n) is 1.50. The summed E-state index contributed by atoms with van der Waals surface area (Å²) in [4.78, 5) is 24.8. The Hall–Kier alpha value is -3.07. The minimum absolute atomic E-state index is 0.00568. The fourth-order valence-corrected chi connectivity index (χ4v) is 2.13. The van der Waals surface area contributed by atoms with Crippen LogP contribution in [-0.2, 0) is 0 Å². The van der Waals surface area contributed by atoms with Crippen LogP contribution in [0.25, 0.3) is 6.08 Å². The van der Waals surface area contributed by atoms with E-state index < -0.39 is 10.9 Å². The van der Waals surface area contributed by atoms with Gasteiger partial charge in [0.05, 0.1) is 10.5 Å². The molecule has 1 heterocycles. The van der Waals surface area contributed by atoms with Crippen LogP contribution < -0.4 is 5.43 Å². The number of thiazole rings is 1. The maximum Gasteiger partial charge on any atom is 0.355 e. The number of aromatic carboxylic acids is 1. The number of carboxylic acid groups (broad SMARTS) is 1. The Morgan fingerprint density at radius 1 is 1.45 bits per heavy atom. The number of carbonyl (C=O) groups is 1. The number of nitro benzene ring substituents is 1. The largest absolute Gasteiger partial charge is 0.476 e. The first-order valence-corrected chi connectivity index (χ1v) is 6.84. The van der Waals surface area contributed by atoms with Crippen LogP contribution in [0.3, 0.4) is 0 Å². The van der Waals surface area contributed by atoms with Crippen molar-refractivity contribution in [1.82, 2.24) is 4.98 Å². The highest BCUT2D eigenvalue weighted by Crippen LogP contribution is 2.18. The van der Waals surface area contributed by atoms with E-state index in [1.807, 2.05) is 0 Å². The van der Waals surface area contributed by atoms with Crippen molar-refractivity contribution in [3.63, 3.8) is 0 Å². The molecule has 0 aliphatic carbocycles. The second-order valence-corrected chi connectivity index (χ2v) is 4.77. The molecular weight excluding hydrogens is 308 g/mol. The van der Waals surface area contributed by atoms with E-state index in [0.717, 1.165) is 11.3 Å². The molecule has 112 valence electrons. The summed E-state index contributed by atoms with van der Waals surface area (Å²) in [7, 11) is 0. The van der Waals surface area contributed by atoms with Gasteiger partial charge in [0.15, 0.2) is 5.69 Å². The van der Waals surface area contributed by atoms with Crippen LogP contribution in [-0.4, -0.2) is 27.2 Å². The monoisotopic (exact) mass is 318 g/mol. The molecule has 0 aliphatic heterocycles. The van der Waals surface area contributed by atoms with Crippen LogP contribution in [0.15, 0.2) is 40.8 Å². The van der Waals surface area contributed by atoms with Crippen molar-refractivity contribution in [2.45, 2.75) is 0 Å². The molecule has 0 unspecified atom stereocenters. The van der Waals surface area contributed by atoms with Crippen molar-refractivity contribution in [1.29, 1.82) is 0 Å². The lowest BCUT2D eigenvalue weighted by atomic mass is 10.2. The lowest BCUT2D eigenvalue weighted by Crippen LogP contribution is -1.96. The van der Waals surface area contributed by atoms with Gasteiger partial charge >= 0.3 is 5.97 Å². The van der Waals surface area contributed by atoms with Gasteiger partial charge in [-0.25, -0.2) is 9.78 Å². The number of rotatable bonds is 6. The molecule has 0 amide bonds. The van der Waals surface area contributed by atoms with Crippen molar-refractivity contribution < 1.29 is 14.8 Å². The van der Waals surface area contributed by atoms with Gasteiger partial charge in [-0.3, -0.25) is 15.5 Å². The molecule has 0 radical (unpaired) electrons. The third kappa shape index (κ3) is 3.96. The quantitative estimate of drug-likeness (QED) is 0.480. The summed E-state index contributed by atoms with van der Waals surface area (Å²) in [5.41, 5.74) is 2.98. The summed E-state index contributed by atoms with van der Waals surface area (Å²) in [5, 5.41) is 25.1. The third-order valence-electron chi connectivity index (χ3n) is 2.45. The van der Waals surface area contributed by atoms with Gasteiger partial charge in [-0.2, -0.15) is 5.10 Å². The zero-order valence-electron chi connectivity index (χ0n) is 11.0. The van der Waals surface area contributed by atoms with Gasteiger partial charge in [0.25, 0.3) is 5.69 Å². The van der Waals surface area contributed by atoms with E-state index in [0.29, 0.717) is 10.7 Å². The molecule has 2 N–H and O–H groups in total. The van der Waals surface area contributed by atoms with E-state index in [1.165, 1.54) is 23.7 Å². The number of para-hydroxylation sites is 1. The summed E-state index contributed by atoms with van der Waals surface area (Å²) in [5.74, 6) is -1.11. The summed E-state index contributed by atoms with van der Waals surface area (Å²) in [6.07, 6.45) is 4.47. The van der Waals surface area contributed by atoms with Crippen LogP contribution in [0.5, 0.6) is 0 Å². The Morgan fingerprint density at radius 2 is 2.23 bits per heavy atom. The maximum absolute atomic E-state index is 10.8. The third-order valence-corrected chi connectivity index (χ3v) is 3.20. The van der Waals surface area contributed by atoms with E-state index in [4.69, 9.17) is 5.11 Å². The van der Waals surface area contributed by atoms with Crippen molar-refractivity contribution in [3.8, 4) is 0 Å². The lowest BCUT2D eigenvalue weighted by Gasteiger charge is -1.95. The molecule has 2 aromatic rings. The van der Waals surface area contributed by atoms with Crippen LogP contribution >= 0.6 is 11.3 Å². The van der Waals surface area contributed by atoms with Gasteiger partial charge in [0, 0.05) is 17.7 Å². The molecule has 1 aromatic heterocycles. The highest BCUT2D eigenvalue weighted by molar-refractivity contribution is 7.13. The number of hydrogen-bond acceptors (Lipinski definition) is 7. The second-order valence-electron chi connectivity index (χ2n) is 3.91.